The second-order valence-electron chi connectivity index (χ2n) is 5.34. The average molecular weight is 318 g/mol. The van der Waals surface area contributed by atoms with Crippen LogP contribution in [0, 0.1) is 36.5 Å². The number of hydrogen-bond acceptors (Lipinski definition) is 3. The van der Waals surface area contributed by atoms with Crippen molar-refractivity contribution in [2.75, 3.05) is 13.1 Å². The van der Waals surface area contributed by atoms with Gasteiger partial charge in [-0.1, -0.05) is 18.2 Å². The Morgan fingerprint density at radius 3 is 2.38 bits per heavy atom. The molecule has 0 N–H and O–H groups in total. The number of benzene rings is 1. The number of hydrogen-bond donors (Lipinski definition) is 0. The number of carbonyl (C=O) groups is 1. The van der Waals surface area contributed by atoms with E-state index in [-0.39, 0.29) is 19.0 Å². The zero-order chi connectivity index (χ0) is 17.5. The smallest absolute Gasteiger partial charge is 0.248 e. The number of nitriles is 2. The molecule has 0 bridgehead atoms. The topological polar surface area (TPSA) is 72.8 Å². The molecule has 5 heteroatoms. The van der Waals surface area contributed by atoms with E-state index in [1.807, 2.05) is 62.4 Å². The Hall–Kier alpha value is -3.31. The van der Waals surface area contributed by atoms with Crippen LogP contribution in [0.15, 0.2) is 42.5 Å². The van der Waals surface area contributed by atoms with Gasteiger partial charge in [0.1, 0.15) is 13.1 Å². The molecule has 1 heterocycles. The predicted octanol–water partition coefficient (Wildman–Crippen LogP) is 2.98. The third-order valence-electron chi connectivity index (χ3n) is 3.72. The normalized spacial score (nSPS) is 10.3. The first-order valence-corrected chi connectivity index (χ1v) is 7.53. The molecule has 0 saturated heterocycles. The highest BCUT2D eigenvalue weighted by Gasteiger charge is 2.11. The van der Waals surface area contributed by atoms with E-state index in [0.29, 0.717) is 0 Å². The first-order chi connectivity index (χ1) is 11.6. The lowest BCUT2D eigenvalue weighted by atomic mass is 10.2. The standard InChI is InChI=1S/C19H18N4O/c1-15-14-17(8-9-19(24)22(12-10-20)13-11-21)16(2)23(15)18-6-4-3-5-7-18/h3-9,14H,12-13H2,1-2H3/b9-8+. The first kappa shape index (κ1) is 17.1. The fourth-order valence-electron chi connectivity index (χ4n) is 2.58. The second kappa shape index (κ2) is 7.80. The van der Waals surface area contributed by atoms with Crippen LogP contribution < -0.4 is 0 Å². The lowest BCUT2D eigenvalue weighted by molar-refractivity contribution is -0.124. The van der Waals surface area contributed by atoms with Crippen molar-refractivity contribution < 1.29 is 4.79 Å². The van der Waals surface area contributed by atoms with Crippen molar-refractivity contribution in [1.82, 2.24) is 9.47 Å². The summed E-state index contributed by atoms with van der Waals surface area (Å²) in [4.78, 5) is 13.3. The summed E-state index contributed by atoms with van der Waals surface area (Å²) in [6.07, 6.45) is 3.14. The SMILES string of the molecule is Cc1cc(/C=C/C(=O)N(CC#N)CC#N)c(C)n1-c1ccccc1. The largest absolute Gasteiger partial charge is 0.318 e. The monoisotopic (exact) mass is 318 g/mol. The minimum Gasteiger partial charge on any atom is -0.318 e. The van der Waals surface area contributed by atoms with Gasteiger partial charge >= 0.3 is 0 Å². The van der Waals surface area contributed by atoms with E-state index in [2.05, 4.69) is 4.57 Å². The highest BCUT2D eigenvalue weighted by Crippen LogP contribution is 2.21. The predicted molar refractivity (Wildman–Crippen MR) is 92.1 cm³/mol. The van der Waals surface area contributed by atoms with E-state index >= 15 is 0 Å². The van der Waals surface area contributed by atoms with Gasteiger partial charge < -0.3 is 9.47 Å². The number of rotatable bonds is 5. The maximum Gasteiger partial charge on any atom is 0.248 e. The summed E-state index contributed by atoms with van der Waals surface area (Å²) in [5.41, 5.74) is 4.08. The Balaban J connectivity index is 2.27. The van der Waals surface area contributed by atoms with Crippen LogP contribution >= 0.6 is 0 Å². The molecule has 5 nitrogen and oxygen atoms in total. The van der Waals surface area contributed by atoms with Crippen molar-refractivity contribution >= 4 is 12.0 Å². The molecule has 0 unspecified atom stereocenters. The summed E-state index contributed by atoms with van der Waals surface area (Å²) in [6, 6.07) is 15.8. The lowest BCUT2D eigenvalue weighted by Crippen LogP contribution is -2.30. The fraction of sp³-hybridized carbons (Fsp3) is 0.211. The molecule has 0 saturated carbocycles. The number of para-hydroxylation sites is 1. The van der Waals surface area contributed by atoms with Gasteiger partial charge in [0.2, 0.25) is 5.91 Å². The lowest BCUT2D eigenvalue weighted by Gasteiger charge is -2.12. The second-order valence-corrected chi connectivity index (χ2v) is 5.34. The Morgan fingerprint density at radius 1 is 1.17 bits per heavy atom. The summed E-state index contributed by atoms with van der Waals surface area (Å²) < 4.78 is 2.12. The van der Waals surface area contributed by atoms with E-state index < -0.39 is 0 Å². The highest BCUT2D eigenvalue weighted by atomic mass is 16.2. The molecule has 0 aliphatic carbocycles. The molecule has 0 radical (unpaired) electrons. The number of aromatic nitrogens is 1. The Labute approximate surface area is 141 Å². The quantitative estimate of drug-likeness (QED) is 0.628. The van der Waals surface area contributed by atoms with Crippen molar-refractivity contribution in [3.8, 4) is 17.8 Å². The van der Waals surface area contributed by atoms with E-state index in [0.717, 1.165) is 22.6 Å². The zero-order valence-electron chi connectivity index (χ0n) is 13.7. The number of carbonyl (C=O) groups excluding carboxylic acids is 1. The highest BCUT2D eigenvalue weighted by molar-refractivity contribution is 5.92. The maximum absolute atomic E-state index is 12.1. The Morgan fingerprint density at radius 2 is 1.79 bits per heavy atom. The third kappa shape index (κ3) is 3.71. The van der Waals surface area contributed by atoms with E-state index in [9.17, 15) is 4.79 Å². The molecule has 24 heavy (non-hydrogen) atoms. The van der Waals surface area contributed by atoms with Gasteiger partial charge in [-0.15, -0.1) is 0 Å². The van der Waals surface area contributed by atoms with Crippen LogP contribution in [0.2, 0.25) is 0 Å². The van der Waals surface area contributed by atoms with Crippen molar-refractivity contribution in [1.29, 1.82) is 10.5 Å². The summed E-state index contributed by atoms with van der Waals surface area (Å²) in [7, 11) is 0. The molecule has 0 atom stereocenters. The van der Waals surface area contributed by atoms with Crippen molar-refractivity contribution in [3.63, 3.8) is 0 Å². The van der Waals surface area contributed by atoms with Gasteiger partial charge in [-0.3, -0.25) is 4.79 Å². The van der Waals surface area contributed by atoms with Crippen LogP contribution in [0.5, 0.6) is 0 Å². The molecule has 0 spiro atoms. The molecule has 1 aromatic carbocycles. The summed E-state index contributed by atoms with van der Waals surface area (Å²) in [5.74, 6) is -0.345. The Kier molecular flexibility index (Phi) is 5.54. The van der Waals surface area contributed by atoms with Crippen LogP contribution in [0.3, 0.4) is 0 Å². The molecule has 120 valence electrons. The molecule has 2 rings (SSSR count). The van der Waals surface area contributed by atoms with Gasteiger partial charge in [0, 0.05) is 23.2 Å². The van der Waals surface area contributed by atoms with Crippen LogP contribution in [-0.2, 0) is 4.79 Å². The van der Waals surface area contributed by atoms with Gasteiger partial charge in [-0.05, 0) is 43.7 Å². The van der Waals surface area contributed by atoms with Gasteiger partial charge in [-0.25, -0.2) is 0 Å². The van der Waals surface area contributed by atoms with Crippen molar-refractivity contribution in [2.24, 2.45) is 0 Å². The third-order valence-corrected chi connectivity index (χ3v) is 3.72. The van der Waals surface area contributed by atoms with Crippen LogP contribution in [0.4, 0.5) is 0 Å². The average Bonchev–Trinajstić information content (AvgIpc) is 2.87. The number of aryl methyl sites for hydroxylation is 1. The molecular weight excluding hydrogens is 300 g/mol. The van der Waals surface area contributed by atoms with E-state index in [4.69, 9.17) is 10.5 Å². The first-order valence-electron chi connectivity index (χ1n) is 7.53. The minimum absolute atomic E-state index is 0.0974. The van der Waals surface area contributed by atoms with E-state index in [1.54, 1.807) is 6.08 Å². The minimum atomic E-state index is -0.345. The molecule has 1 amide bonds. The summed E-state index contributed by atoms with van der Waals surface area (Å²) >= 11 is 0. The molecule has 0 aliphatic heterocycles. The van der Waals surface area contributed by atoms with Gasteiger partial charge in [0.25, 0.3) is 0 Å². The number of nitrogens with zero attached hydrogens (tertiary/aromatic N) is 4. The van der Waals surface area contributed by atoms with Crippen LogP contribution in [0.1, 0.15) is 17.0 Å². The molecule has 0 fully saturated rings. The van der Waals surface area contributed by atoms with Crippen molar-refractivity contribution in [3.05, 3.63) is 59.4 Å². The fourth-order valence-corrected chi connectivity index (χ4v) is 2.58. The van der Waals surface area contributed by atoms with Gasteiger partial charge in [0.15, 0.2) is 0 Å². The maximum atomic E-state index is 12.1. The van der Waals surface area contributed by atoms with Crippen LogP contribution in [0.25, 0.3) is 11.8 Å². The van der Waals surface area contributed by atoms with Gasteiger partial charge in [-0.2, -0.15) is 10.5 Å². The molecule has 1 aromatic heterocycles. The number of amides is 1. The molecule has 0 aliphatic rings. The van der Waals surface area contributed by atoms with Crippen LogP contribution in [-0.4, -0.2) is 28.5 Å². The molecule has 2 aromatic rings. The van der Waals surface area contributed by atoms with Crippen molar-refractivity contribution in [2.45, 2.75) is 13.8 Å². The summed E-state index contributed by atoms with van der Waals surface area (Å²) in [5, 5.41) is 17.5. The van der Waals surface area contributed by atoms with Gasteiger partial charge in [0.05, 0.1) is 12.1 Å². The van der Waals surface area contributed by atoms with E-state index in [1.165, 1.54) is 11.0 Å². The molecular formula is C19H18N4O. The Bertz CT molecular complexity index is 819. The zero-order valence-corrected chi connectivity index (χ0v) is 13.7. The summed E-state index contributed by atoms with van der Waals surface area (Å²) in [6.45, 7) is 3.81.